The maximum Gasteiger partial charge on any atom is 0.161 e. The van der Waals surface area contributed by atoms with Crippen LogP contribution in [0, 0.1) is 17.8 Å². The summed E-state index contributed by atoms with van der Waals surface area (Å²) >= 11 is 0. The summed E-state index contributed by atoms with van der Waals surface area (Å²) in [5, 5.41) is 0. The van der Waals surface area contributed by atoms with Crippen LogP contribution in [-0.4, -0.2) is 0 Å². The second-order valence-electron chi connectivity index (χ2n) is 9.78. The molecule has 0 fully saturated rings. The first-order chi connectivity index (χ1) is 17.0. The molecule has 4 rings (SSSR count). The lowest BCUT2D eigenvalue weighted by atomic mass is 9.79. The molecule has 3 aliphatic rings. The Balaban J connectivity index is 1.39. The third-order valence-corrected chi connectivity index (χ3v) is 7.38. The lowest BCUT2D eigenvalue weighted by molar-refractivity contribution is 0.350. The van der Waals surface area contributed by atoms with Crippen molar-refractivity contribution in [3.63, 3.8) is 0 Å². The molecule has 0 amide bonds. The van der Waals surface area contributed by atoms with Crippen molar-refractivity contribution < 1.29 is 13.2 Å². The van der Waals surface area contributed by atoms with Crippen molar-refractivity contribution in [3.8, 4) is 0 Å². The maximum atomic E-state index is 14.9. The molecule has 0 radical (unpaired) electrons. The van der Waals surface area contributed by atoms with E-state index in [2.05, 4.69) is 19.9 Å². The Morgan fingerprint density at radius 3 is 2.37 bits per heavy atom. The zero-order valence-corrected chi connectivity index (χ0v) is 20.7. The first-order valence-corrected chi connectivity index (χ1v) is 13.0. The van der Waals surface area contributed by atoms with Crippen LogP contribution in [0.3, 0.4) is 0 Å². The molecular weight excluding hydrogens is 441 g/mol. The average Bonchev–Trinajstić information content (AvgIpc) is 2.89. The molecule has 0 aromatic heterocycles. The highest BCUT2D eigenvalue weighted by molar-refractivity contribution is 5.78. The first-order valence-electron chi connectivity index (χ1n) is 13.0. The predicted molar refractivity (Wildman–Crippen MR) is 141 cm³/mol. The van der Waals surface area contributed by atoms with Crippen LogP contribution in [-0.2, 0) is 0 Å². The van der Waals surface area contributed by atoms with E-state index in [1.807, 2.05) is 42.5 Å². The highest BCUT2D eigenvalue weighted by atomic mass is 19.2. The van der Waals surface area contributed by atoms with Crippen molar-refractivity contribution in [3.05, 3.63) is 107 Å². The minimum atomic E-state index is -0.759. The summed E-state index contributed by atoms with van der Waals surface area (Å²) in [6.07, 6.45) is 21.5. The summed E-state index contributed by atoms with van der Waals surface area (Å²) in [5.74, 6) is -1.72. The van der Waals surface area contributed by atoms with E-state index in [9.17, 15) is 13.2 Å². The predicted octanol–water partition coefficient (Wildman–Crippen LogP) is 10.2. The van der Waals surface area contributed by atoms with Gasteiger partial charge < -0.3 is 0 Å². The second-order valence-corrected chi connectivity index (χ2v) is 9.78. The highest BCUT2D eigenvalue weighted by Crippen LogP contribution is 2.40. The standard InChI is InChI=1S/C32H35F3/c1-3-5-6-24-12-19-28(30(33)21-24)25-15-9-23(10-16-25)11-17-27-18-20-29(32(35)31(27)34)26-13-7-22(4-2)8-14-26/h7-11,13,15-19,21,24,26,29H,3-6,12,14,20H2,1-2H3/b17-11+. The molecule has 3 atom stereocenters. The summed E-state index contributed by atoms with van der Waals surface area (Å²) in [7, 11) is 0. The Labute approximate surface area is 208 Å². The summed E-state index contributed by atoms with van der Waals surface area (Å²) in [6, 6.07) is 7.54. The van der Waals surface area contributed by atoms with E-state index in [1.54, 1.807) is 24.3 Å². The van der Waals surface area contributed by atoms with Gasteiger partial charge in [-0.1, -0.05) is 99.1 Å². The van der Waals surface area contributed by atoms with Gasteiger partial charge in [-0.2, -0.15) is 0 Å². The second kappa shape index (κ2) is 11.7. The molecule has 184 valence electrons. The van der Waals surface area contributed by atoms with Gasteiger partial charge in [-0.25, -0.2) is 13.2 Å². The fourth-order valence-corrected chi connectivity index (χ4v) is 5.11. The first kappa shape index (κ1) is 25.3. The smallest absolute Gasteiger partial charge is 0.161 e. The highest BCUT2D eigenvalue weighted by Gasteiger charge is 2.30. The SMILES string of the molecule is CCCCC1C=C(F)C(c2ccc(/C=C/C3=CCC(C4C=CC(CC)=CC4)C(F)=C3F)cc2)=CC1. The molecule has 0 saturated carbocycles. The van der Waals surface area contributed by atoms with Crippen molar-refractivity contribution in [1.29, 1.82) is 0 Å². The minimum absolute atomic E-state index is 0.00386. The van der Waals surface area contributed by atoms with Crippen LogP contribution in [0.25, 0.3) is 11.6 Å². The topological polar surface area (TPSA) is 0 Å². The lowest BCUT2D eigenvalue weighted by Gasteiger charge is -2.27. The molecule has 3 aliphatic carbocycles. The molecule has 35 heavy (non-hydrogen) atoms. The lowest BCUT2D eigenvalue weighted by Crippen LogP contribution is -2.18. The quantitative estimate of drug-likeness (QED) is 0.350. The molecule has 0 heterocycles. The molecule has 0 aliphatic heterocycles. The fraction of sp³-hybridized carbons (Fsp3) is 0.375. The van der Waals surface area contributed by atoms with Crippen LogP contribution < -0.4 is 0 Å². The van der Waals surface area contributed by atoms with E-state index in [0.717, 1.165) is 49.7 Å². The van der Waals surface area contributed by atoms with Gasteiger partial charge in [0, 0.05) is 17.1 Å². The van der Waals surface area contributed by atoms with Crippen LogP contribution in [0.2, 0.25) is 0 Å². The number of hydrogen-bond donors (Lipinski definition) is 0. The van der Waals surface area contributed by atoms with E-state index in [0.29, 0.717) is 12.0 Å². The maximum absolute atomic E-state index is 14.9. The van der Waals surface area contributed by atoms with Gasteiger partial charge in [0.25, 0.3) is 0 Å². The van der Waals surface area contributed by atoms with Crippen molar-refractivity contribution >= 4 is 11.6 Å². The minimum Gasteiger partial charge on any atom is -0.208 e. The van der Waals surface area contributed by atoms with Crippen molar-refractivity contribution in [2.75, 3.05) is 0 Å². The Morgan fingerprint density at radius 1 is 0.914 bits per heavy atom. The normalized spacial score (nSPS) is 24.9. The Hall–Kier alpha value is -2.81. The number of halogens is 3. The van der Waals surface area contributed by atoms with Crippen LogP contribution in [0.1, 0.15) is 69.9 Å². The van der Waals surface area contributed by atoms with Crippen molar-refractivity contribution in [2.24, 2.45) is 17.8 Å². The molecular formula is C32H35F3. The van der Waals surface area contributed by atoms with E-state index in [1.165, 1.54) is 5.57 Å². The molecule has 1 aromatic rings. The Bertz CT molecular complexity index is 1120. The monoisotopic (exact) mass is 476 g/mol. The van der Waals surface area contributed by atoms with Gasteiger partial charge in [0.15, 0.2) is 5.83 Å². The number of allylic oxidation sites excluding steroid dienone is 13. The molecule has 3 unspecified atom stereocenters. The molecule has 0 bridgehead atoms. The van der Waals surface area contributed by atoms with E-state index in [4.69, 9.17) is 0 Å². The third-order valence-electron chi connectivity index (χ3n) is 7.38. The summed E-state index contributed by atoms with van der Waals surface area (Å²) in [5.41, 5.74) is 3.88. The van der Waals surface area contributed by atoms with Crippen LogP contribution in [0.4, 0.5) is 13.2 Å². The van der Waals surface area contributed by atoms with Crippen LogP contribution >= 0.6 is 0 Å². The summed E-state index contributed by atoms with van der Waals surface area (Å²) in [4.78, 5) is 0. The van der Waals surface area contributed by atoms with E-state index in [-0.39, 0.29) is 23.2 Å². The molecule has 0 N–H and O–H groups in total. The van der Waals surface area contributed by atoms with Crippen LogP contribution in [0.5, 0.6) is 0 Å². The van der Waals surface area contributed by atoms with Gasteiger partial charge >= 0.3 is 0 Å². The van der Waals surface area contributed by atoms with Gasteiger partial charge in [0.1, 0.15) is 11.7 Å². The largest absolute Gasteiger partial charge is 0.208 e. The van der Waals surface area contributed by atoms with Gasteiger partial charge in [0.2, 0.25) is 0 Å². The zero-order chi connectivity index (χ0) is 24.8. The molecule has 0 spiro atoms. The molecule has 3 heteroatoms. The number of benzene rings is 1. The van der Waals surface area contributed by atoms with Gasteiger partial charge in [-0.05, 0) is 61.1 Å². The fourth-order valence-electron chi connectivity index (χ4n) is 5.11. The van der Waals surface area contributed by atoms with E-state index >= 15 is 0 Å². The van der Waals surface area contributed by atoms with Crippen molar-refractivity contribution in [2.45, 2.75) is 58.8 Å². The molecule has 0 saturated heterocycles. The number of rotatable bonds is 8. The van der Waals surface area contributed by atoms with Gasteiger partial charge in [-0.15, -0.1) is 0 Å². The van der Waals surface area contributed by atoms with Gasteiger partial charge in [0.05, 0.1) is 0 Å². The summed E-state index contributed by atoms with van der Waals surface area (Å²) < 4.78 is 44.4. The zero-order valence-electron chi connectivity index (χ0n) is 20.7. The van der Waals surface area contributed by atoms with Crippen LogP contribution in [0.15, 0.2) is 95.4 Å². The molecule has 0 nitrogen and oxygen atoms in total. The third kappa shape index (κ3) is 6.07. The number of hydrogen-bond acceptors (Lipinski definition) is 0. The van der Waals surface area contributed by atoms with E-state index < -0.39 is 17.6 Å². The molecule has 1 aromatic carbocycles. The Morgan fingerprint density at radius 2 is 1.71 bits per heavy atom. The van der Waals surface area contributed by atoms with Gasteiger partial charge in [-0.3, -0.25) is 0 Å². The van der Waals surface area contributed by atoms with Crippen molar-refractivity contribution in [1.82, 2.24) is 0 Å². The summed E-state index contributed by atoms with van der Waals surface area (Å²) in [6.45, 7) is 4.25. The average molecular weight is 477 g/mol. The Kier molecular flexibility index (Phi) is 8.49. The number of unbranched alkanes of at least 4 members (excludes halogenated alkanes) is 1.